The maximum absolute atomic E-state index is 13.5. The predicted octanol–water partition coefficient (Wildman–Crippen LogP) is 5.94. The summed E-state index contributed by atoms with van der Waals surface area (Å²) >= 11 is 1.25. The van der Waals surface area contributed by atoms with E-state index in [9.17, 15) is 29.4 Å². The minimum atomic E-state index is -1.09. The van der Waals surface area contributed by atoms with Crippen molar-refractivity contribution in [2.24, 2.45) is 0 Å². The molecule has 0 bridgehead atoms. The van der Waals surface area contributed by atoms with E-state index in [2.05, 4.69) is 16.0 Å². The summed E-state index contributed by atoms with van der Waals surface area (Å²) in [5.74, 6) is -2.25. The Morgan fingerprint density at radius 3 is 2.33 bits per heavy atom. The van der Waals surface area contributed by atoms with Crippen LogP contribution in [0, 0.1) is 6.92 Å². The van der Waals surface area contributed by atoms with Gasteiger partial charge in [-0.2, -0.15) is 0 Å². The summed E-state index contributed by atoms with van der Waals surface area (Å²) < 4.78 is 5.34. The number of nitrogens with one attached hydrogen (secondary N) is 3. The summed E-state index contributed by atoms with van der Waals surface area (Å²) in [4.78, 5) is 51.5. The third-order valence-corrected chi connectivity index (χ3v) is 7.66. The van der Waals surface area contributed by atoms with Crippen LogP contribution in [-0.4, -0.2) is 46.3 Å². The van der Waals surface area contributed by atoms with E-state index in [1.165, 1.54) is 49.2 Å². The van der Waals surface area contributed by atoms with Gasteiger partial charge in [-0.1, -0.05) is 30.3 Å². The number of carboxylic acid groups (broad SMARTS) is 1. The molecule has 0 aliphatic carbocycles. The van der Waals surface area contributed by atoms with Gasteiger partial charge in [0.15, 0.2) is 0 Å². The third-order valence-electron chi connectivity index (χ3n) is 6.56. The molecule has 10 nitrogen and oxygen atoms in total. The number of benzene rings is 4. The average molecular weight is 626 g/mol. The summed E-state index contributed by atoms with van der Waals surface area (Å²) in [5.41, 5.74) is 2.35. The Bertz CT molecular complexity index is 1770. The molecule has 230 valence electrons. The maximum Gasteiger partial charge on any atom is 0.335 e. The van der Waals surface area contributed by atoms with Gasteiger partial charge < -0.3 is 30.9 Å². The lowest BCUT2D eigenvalue weighted by atomic mass is 10.1. The fourth-order valence-electron chi connectivity index (χ4n) is 4.14. The van der Waals surface area contributed by atoms with Gasteiger partial charge in [0.25, 0.3) is 11.8 Å². The highest BCUT2D eigenvalue weighted by atomic mass is 32.2. The first-order valence-corrected chi connectivity index (χ1v) is 14.6. The van der Waals surface area contributed by atoms with Crippen molar-refractivity contribution >= 4 is 52.9 Å². The highest BCUT2D eigenvalue weighted by Crippen LogP contribution is 2.29. The summed E-state index contributed by atoms with van der Waals surface area (Å²) in [6.07, 6.45) is 1.45. The van der Waals surface area contributed by atoms with Crippen LogP contribution in [0.15, 0.2) is 102 Å². The Morgan fingerprint density at radius 2 is 1.62 bits per heavy atom. The number of anilines is 2. The van der Waals surface area contributed by atoms with Crippen LogP contribution in [0.25, 0.3) is 6.08 Å². The smallest absolute Gasteiger partial charge is 0.335 e. The molecule has 0 radical (unpaired) electrons. The van der Waals surface area contributed by atoms with Crippen LogP contribution in [0.4, 0.5) is 11.4 Å². The van der Waals surface area contributed by atoms with Crippen LogP contribution in [0.3, 0.4) is 0 Å². The van der Waals surface area contributed by atoms with Gasteiger partial charge >= 0.3 is 5.97 Å². The molecule has 4 aromatic carbocycles. The topological polar surface area (TPSA) is 154 Å². The lowest BCUT2D eigenvalue weighted by molar-refractivity contribution is -0.115. The second kappa shape index (κ2) is 14.8. The molecule has 45 heavy (non-hydrogen) atoms. The number of aryl methyl sites for hydroxylation is 1. The highest BCUT2D eigenvalue weighted by Gasteiger charge is 2.19. The molecule has 0 saturated heterocycles. The number of hydrogen-bond donors (Lipinski definition) is 5. The summed E-state index contributed by atoms with van der Waals surface area (Å²) in [5, 5.41) is 26.8. The zero-order valence-electron chi connectivity index (χ0n) is 24.7. The number of thioether (sulfide) groups is 1. The zero-order valence-corrected chi connectivity index (χ0v) is 25.5. The number of carboxylic acids is 1. The average Bonchev–Trinajstić information content (AvgIpc) is 3.02. The van der Waals surface area contributed by atoms with Crippen molar-refractivity contribution in [3.63, 3.8) is 0 Å². The molecule has 0 heterocycles. The van der Waals surface area contributed by atoms with E-state index in [0.717, 1.165) is 5.56 Å². The predicted molar refractivity (Wildman–Crippen MR) is 174 cm³/mol. The largest absolute Gasteiger partial charge is 0.508 e. The SMILES string of the molecule is COc1cc(O)ccc1/C=C(/NC(=O)c1ccccc1)C(=O)Nc1cccc(SC(C)C(=O)Nc2cc(C(=O)O)ccc2C)c1. The van der Waals surface area contributed by atoms with E-state index in [0.29, 0.717) is 33.1 Å². The molecular formula is C34H31N3O7S. The molecular weight excluding hydrogens is 594 g/mol. The summed E-state index contributed by atoms with van der Waals surface area (Å²) in [6, 6.07) is 24.2. The van der Waals surface area contributed by atoms with Gasteiger partial charge in [-0.05, 0) is 80.1 Å². The van der Waals surface area contributed by atoms with Crippen molar-refractivity contribution in [2.75, 3.05) is 17.7 Å². The number of ether oxygens (including phenoxy) is 1. The van der Waals surface area contributed by atoms with Gasteiger partial charge in [-0.25, -0.2) is 4.79 Å². The zero-order chi connectivity index (χ0) is 32.5. The molecule has 0 aliphatic rings. The molecule has 4 rings (SSSR count). The Balaban J connectivity index is 1.52. The molecule has 0 spiro atoms. The van der Waals surface area contributed by atoms with Crippen molar-refractivity contribution in [3.05, 3.63) is 119 Å². The Kier molecular flexibility index (Phi) is 10.6. The molecule has 3 amide bonds. The Labute approximate surface area is 264 Å². The van der Waals surface area contributed by atoms with E-state index >= 15 is 0 Å². The van der Waals surface area contributed by atoms with Gasteiger partial charge in [-0.15, -0.1) is 11.8 Å². The van der Waals surface area contributed by atoms with Crippen LogP contribution >= 0.6 is 11.8 Å². The fraction of sp³-hybridized carbons (Fsp3) is 0.118. The first kappa shape index (κ1) is 32.4. The number of amides is 3. The van der Waals surface area contributed by atoms with Crippen molar-refractivity contribution in [3.8, 4) is 11.5 Å². The van der Waals surface area contributed by atoms with Gasteiger partial charge in [0.05, 0.1) is 17.9 Å². The molecule has 1 atom stereocenters. The third kappa shape index (κ3) is 8.74. The standard InChI is InChI=1S/C34H31N3O7S/c1-20-12-13-24(34(42)43)17-28(20)36-31(39)21(2)45-27-11-7-10-25(18-27)35-33(41)29(37-32(40)22-8-5-4-6-9-22)16-23-14-15-26(38)19-30(23)44-3/h4-19,21,38H,1-3H3,(H,35,41)(H,36,39)(H,37,40)(H,42,43)/b29-16+. The minimum absolute atomic E-state index is 0.0236. The molecule has 0 saturated carbocycles. The number of phenolic OH excluding ortho intramolecular Hbond substituents is 1. The summed E-state index contributed by atoms with van der Waals surface area (Å²) in [6.45, 7) is 3.49. The van der Waals surface area contributed by atoms with Crippen molar-refractivity contribution < 1.29 is 34.1 Å². The van der Waals surface area contributed by atoms with Crippen molar-refractivity contribution in [1.29, 1.82) is 0 Å². The quantitative estimate of drug-likeness (QED) is 0.101. The van der Waals surface area contributed by atoms with Crippen LogP contribution in [0.1, 0.15) is 38.8 Å². The number of hydrogen-bond acceptors (Lipinski definition) is 7. The number of rotatable bonds is 11. The molecule has 11 heteroatoms. The maximum atomic E-state index is 13.5. The van der Waals surface area contributed by atoms with Gasteiger partial charge in [0.1, 0.15) is 17.2 Å². The summed E-state index contributed by atoms with van der Waals surface area (Å²) in [7, 11) is 1.42. The van der Waals surface area contributed by atoms with E-state index in [-0.39, 0.29) is 22.9 Å². The number of carbonyl (C=O) groups excluding carboxylic acids is 3. The normalized spacial score (nSPS) is 11.7. The second-order valence-electron chi connectivity index (χ2n) is 9.87. The Hall–Kier alpha value is -5.55. The van der Waals surface area contributed by atoms with E-state index in [1.807, 2.05) is 0 Å². The van der Waals surface area contributed by atoms with Crippen LogP contribution in [-0.2, 0) is 9.59 Å². The van der Waals surface area contributed by atoms with Gasteiger partial charge in [0, 0.05) is 33.5 Å². The van der Waals surface area contributed by atoms with Crippen molar-refractivity contribution in [1.82, 2.24) is 5.32 Å². The number of carbonyl (C=O) groups is 4. The highest BCUT2D eigenvalue weighted by molar-refractivity contribution is 8.00. The lowest BCUT2D eigenvalue weighted by Crippen LogP contribution is -2.30. The van der Waals surface area contributed by atoms with Crippen molar-refractivity contribution in [2.45, 2.75) is 24.0 Å². The number of aromatic carboxylic acids is 1. The van der Waals surface area contributed by atoms with E-state index in [1.54, 1.807) is 80.6 Å². The monoisotopic (exact) mass is 625 g/mol. The van der Waals surface area contributed by atoms with Crippen LogP contribution in [0.2, 0.25) is 0 Å². The van der Waals surface area contributed by atoms with Gasteiger partial charge in [0.2, 0.25) is 5.91 Å². The second-order valence-corrected chi connectivity index (χ2v) is 11.3. The molecule has 0 fully saturated rings. The Morgan fingerprint density at radius 1 is 0.867 bits per heavy atom. The number of aromatic hydroxyl groups is 1. The first-order chi connectivity index (χ1) is 21.5. The lowest BCUT2D eigenvalue weighted by Gasteiger charge is -2.15. The van der Waals surface area contributed by atoms with Gasteiger partial charge in [-0.3, -0.25) is 14.4 Å². The molecule has 0 aliphatic heterocycles. The van der Waals surface area contributed by atoms with Crippen LogP contribution in [0.5, 0.6) is 11.5 Å². The van der Waals surface area contributed by atoms with Crippen LogP contribution < -0.4 is 20.7 Å². The van der Waals surface area contributed by atoms with E-state index in [4.69, 9.17) is 4.74 Å². The fourth-order valence-corrected chi connectivity index (χ4v) is 5.07. The number of phenols is 1. The molecule has 0 aromatic heterocycles. The minimum Gasteiger partial charge on any atom is -0.508 e. The number of methoxy groups -OCH3 is 1. The molecule has 1 unspecified atom stereocenters. The first-order valence-electron chi connectivity index (χ1n) is 13.7. The molecule has 4 aromatic rings. The van der Waals surface area contributed by atoms with E-state index < -0.39 is 23.0 Å². The molecule has 5 N–H and O–H groups in total.